The molecule has 1 unspecified atom stereocenters. The molecule has 69 heavy (non-hydrogen) atoms. The van der Waals surface area contributed by atoms with Gasteiger partial charge >= 0.3 is 17.9 Å². The Bertz CT molecular complexity index is 1420. The van der Waals surface area contributed by atoms with Crippen LogP contribution in [0.3, 0.4) is 0 Å². The average molecular weight is 958 g/mol. The van der Waals surface area contributed by atoms with Gasteiger partial charge in [-0.25, -0.2) is 0 Å². The van der Waals surface area contributed by atoms with Crippen LogP contribution in [0.25, 0.3) is 0 Å². The Balaban J connectivity index is 4.44. The molecule has 0 fully saturated rings. The molecule has 0 aromatic rings. The summed E-state index contributed by atoms with van der Waals surface area (Å²) < 4.78 is 16.8. The molecule has 0 saturated heterocycles. The van der Waals surface area contributed by atoms with Gasteiger partial charge in [0.2, 0.25) is 0 Å². The van der Waals surface area contributed by atoms with Crippen molar-refractivity contribution in [2.24, 2.45) is 0 Å². The summed E-state index contributed by atoms with van der Waals surface area (Å²) in [5, 5.41) is 0. The molecule has 0 rings (SSSR count). The number of ether oxygens (including phenoxy) is 3. The maximum absolute atomic E-state index is 12.9. The first-order chi connectivity index (χ1) is 34.0. The van der Waals surface area contributed by atoms with Crippen LogP contribution in [0.5, 0.6) is 0 Å². The monoisotopic (exact) mass is 957 g/mol. The molecule has 392 valence electrons. The van der Waals surface area contributed by atoms with Crippen molar-refractivity contribution in [3.63, 3.8) is 0 Å². The Kier molecular flexibility index (Phi) is 53.4. The fraction of sp³-hybridized carbons (Fsp3) is 0.667. The summed E-state index contributed by atoms with van der Waals surface area (Å²) in [5.74, 6) is -0.945. The second kappa shape index (κ2) is 56.7. The Morgan fingerprint density at radius 2 is 0.565 bits per heavy atom. The topological polar surface area (TPSA) is 78.9 Å². The van der Waals surface area contributed by atoms with Gasteiger partial charge in [-0.05, 0) is 122 Å². The highest BCUT2D eigenvalue weighted by Crippen LogP contribution is 2.14. The first-order valence-corrected chi connectivity index (χ1v) is 28.4. The molecule has 0 bridgehead atoms. The average Bonchev–Trinajstić information content (AvgIpc) is 3.35. The number of unbranched alkanes of at least 4 members (excludes halogenated alkanes) is 21. The van der Waals surface area contributed by atoms with Crippen molar-refractivity contribution in [3.05, 3.63) is 109 Å². The van der Waals surface area contributed by atoms with E-state index in [-0.39, 0.29) is 31.1 Å². The molecule has 0 radical (unpaired) electrons. The normalized spacial score (nSPS) is 12.9. The molecule has 0 aromatic carbocycles. The lowest BCUT2D eigenvalue weighted by Gasteiger charge is -2.18. The predicted molar refractivity (Wildman–Crippen MR) is 297 cm³/mol. The van der Waals surface area contributed by atoms with E-state index in [0.717, 1.165) is 128 Å². The minimum atomic E-state index is -0.801. The van der Waals surface area contributed by atoms with E-state index in [2.05, 4.69) is 130 Å². The SMILES string of the molecule is CC/C=C\C/C=C\C/C=C\C/C=C\CCCCCCCCC(=O)OCC(COC(=O)CCCCC/C=C\C/C=C\C/C=C\CC)OC(=O)CCCCCCCCCCC/C=C\C/C=C\CCCCC. The summed E-state index contributed by atoms with van der Waals surface area (Å²) in [6.45, 7) is 6.35. The number of allylic oxidation sites excluding steroid dienone is 18. The number of hydrogen-bond acceptors (Lipinski definition) is 6. The molecule has 0 saturated carbocycles. The number of rotatable bonds is 50. The van der Waals surface area contributed by atoms with Crippen molar-refractivity contribution in [2.45, 2.75) is 258 Å². The summed E-state index contributed by atoms with van der Waals surface area (Å²) in [5.41, 5.74) is 0. The van der Waals surface area contributed by atoms with E-state index in [1.807, 2.05) is 0 Å². The highest BCUT2D eigenvalue weighted by Gasteiger charge is 2.19. The summed E-state index contributed by atoms with van der Waals surface area (Å²) in [7, 11) is 0. The number of carbonyl (C=O) groups is 3. The third-order valence-electron chi connectivity index (χ3n) is 11.7. The van der Waals surface area contributed by atoms with Crippen LogP contribution in [-0.4, -0.2) is 37.2 Å². The van der Waals surface area contributed by atoms with E-state index in [9.17, 15) is 14.4 Å². The zero-order chi connectivity index (χ0) is 50.0. The highest BCUT2D eigenvalue weighted by atomic mass is 16.6. The first kappa shape index (κ1) is 65.1. The third-order valence-corrected chi connectivity index (χ3v) is 11.7. The molecular formula is C63H104O6. The lowest BCUT2D eigenvalue weighted by atomic mass is 10.1. The number of esters is 3. The van der Waals surface area contributed by atoms with E-state index < -0.39 is 6.10 Å². The van der Waals surface area contributed by atoms with Gasteiger partial charge in [0.05, 0.1) is 0 Å². The Hall–Kier alpha value is -3.93. The standard InChI is InChI=1S/C63H104O6/c1-4-7-10-13-16-19-22-25-27-29-31-33-35-38-41-44-47-50-53-56-62(65)68-59-60(58-67-61(64)55-52-49-46-43-40-37-24-21-18-15-12-9-6-3)69-63(66)57-54-51-48-45-42-39-36-34-32-30-28-26-23-20-17-14-11-8-5-2/h7,9-10,12,16-21,25-28,31,33,37,40,60H,4-6,8,11,13-15,22-24,29-30,32,34-36,38-39,41-59H2,1-3H3/b10-7-,12-9-,19-16-,20-17-,21-18-,27-25-,28-26-,33-31-,40-37-. The van der Waals surface area contributed by atoms with Crippen LogP contribution in [0.2, 0.25) is 0 Å². The molecule has 0 heterocycles. The van der Waals surface area contributed by atoms with Gasteiger partial charge < -0.3 is 14.2 Å². The Labute approximate surface area is 425 Å². The van der Waals surface area contributed by atoms with Gasteiger partial charge in [0.1, 0.15) is 13.2 Å². The highest BCUT2D eigenvalue weighted by molar-refractivity contribution is 5.71. The second-order valence-corrected chi connectivity index (χ2v) is 18.4. The molecule has 0 aromatic heterocycles. The molecule has 0 N–H and O–H groups in total. The lowest BCUT2D eigenvalue weighted by Crippen LogP contribution is -2.30. The van der Waals surface area contributed by atoms with Crippen LogP contribution in [0.1, 0.15) is 252 Å². The summed E-state index contributed by atoms with van der Waals surface area (Å²) in [4.78, 5) is 38.1. The largest absolute Gasteiger partial charge is 0.462 e. The smallest absolute Gasteiger partial charge is 0.306 e. The van der Waals surface area contributed by atoms with Gasteiger partial charge in [-0.1, -0.05) is 220 Å². The zero-order valence-electron chi connectivity index (χ0n) is 44.8. The number of carbonyl (C=O) groups excluding carboxylic acids is 3. The van der Waals surface area contributed by atoms with Gasteiger partial charge in [0.25, 0.3) is 0 Å². The minimum absolute atomic E-state index is 0.0983. The van der Waals surface area contributed by atoms with Crippen molar-refractivity contribution in [1.82, 2.24) is 0 Å². The third kappa shape index (κ3) is 54.9. The van der Waals surface area contributed by atoms with Gasteiger partial charge in [0, 0.05) is 19.3 Å². The van der Waals surface area contributed by atoms with Crippen LogP contribution in [0, 0.1) is 0 Å². The van der Waals surface area contributed by atoms with Crippen LogP contribution in [0.15, 0.2) is 109 Å². The zero-order valence-corrected chi connectivity index (χ0v) is 44.8. The van der Waals surface area contributed by atoms with Gasteiger partial charge in [0.15, 0.2) is 6.10 Å². The van der Waals surface area contributed by atoms with Gasteiger partial charge in [-0.15, -0.1) is 0 Å². The Morgan fingerprint density at radius 3 is 0.899 bits per heavy atom. The maximum atomic E-state index is 12.9. The molecule has 6 nitrogen and oxygen atoms in total. The lowest BCUT2D eigenvalue weighted by molar-refractivity contribution is -0.167. The Morgan fingerprint density at radius 1 is 0.304 bits per heavy atom. The molecule has 0 amide bonds. The second-order valence-electron chi connectivity index (χ2n) is 18.4. The van der Waals surface area contributed by atoms with E-state index >= 15 is 0 Å². The first-order valence-electron chi connectivity index (χ1n) is 28.4. The van der Waals surface area contributed by atoms with E-state index in [0.29, 0.717) is 19.3 Å². The van der Waals surface area contributed by atoms with E-state index in [1.54, 1.807) is 0 Å². The summed E-state index contributed by atoms with van der Waals surface area (Å²) in [6.07, 6.45) is 76.5. The minimum Gasteiger partial charge on any atom is -0.462 e. The molecule has 0 aliphatic rings. The molecule has 0 aliphatic heterocycles. The van der Waals surface area contributed by atoms with Crippen LogP contribution >= 0.6 is 0 Å². The van der Waals surface area contributed by atoms with Crippen molar-refractivity contribution in [3.8, 4) is 0 Å². The number of hydrogen-bond donors (Lipinski definition) is 0. The molecule has 6 heteroatoms. The van der Waals surface area contributed by atoms with Crippen molar-refractivity contribution in [2.75, 3.05) is 13.2 Å². The van der Waals surface area contributed by atoms with E-state index in [1.165, 1.54) is 83.5 Å². The fourth-order valence-corrected chi connectivity index (χ4v) is 7.54. The van der Waals surface area contributed by atoms with Crippen LogP contribution in [-0.2, 0) is 28.6 Å². The molecule has 1 atom stereocenters. The van der Waals surface area contributed by atoms with Crippen molar-refractivity contribution >= 4 is 17.9 Å². The summed E-state index contributed by atoms with van der Waals surface area (Å²) in [6, 6.07) is 0. The molecule has 0 aliphatic carbocycles. The van der Waals surface area contributed by atoms with E-state index in [4.69, 9.17) is 14.2 Å². The summed E-state index contributed by atoms with van der Waals surface area (Å²) >= 11 is 0. The van der Waals surface area contributed by atoms with Crippen LogP contribution in [0.4, 0.5) is 0 Å². The van der Waals surface area contributed by atoms with Crippen molar-refractivity contribution in [1.29, 1.82) is 0 Å². The molecule has 0 spiro atoms. The predicted octanol–water partition coefficient (Wildman–Crippen LogP) is 19.1. The fourth-order valence-electron chi connectivity index (χ4n) is 7.54. The molecular weight excluding hydrogens is 853 g/mol. The van der Waals surface area contributed by atoms with Gasteiger partial charge in [-0.3, -0.25) is 14.4 Å². The maximum Gasteiger partial charge on any atom is 0.306 e. The van der Waals surface area contributed by atoms with Gasteiger partial charge in [-0.2, -0.15) is 0 Å². The van der Waals surface area contributed by atoms with Crippen LogP contribution < -0.4 is 0 Å². The quantitative estimate of drug-likeness (QED) is 0.0262. The van der Waals surface area contributed by atoms with Crippen molar-refractivity contribution < 1.29 is 28.6 Å².